The summed E-state index contributed by atoms with van der Waals surface area (Å²) in [7, 11) is 0. The van der Waals surface area contributed by atoms with Crippen molar-refractivity contribution >= 4 is 11.3 Å². The first-order valence-electron chi connectivity index (χ1n) is 3.52. The molecular weight excluding hydrogens is 158 g/mol. The quantitative estimate of drug-likeness (QED) is 0.705. The van der Waals surface area contributed by atoms with E-state index in [2.05, 4.69) is 30.1 Å². The summed E-state index contributed by atoms with van der Waals surface area (Å²) in [5.41, 5.74) is 0.0446. The average Bonchev–Trinajstić information content (AvgIpc) is 2.37. The third-order valence-corrected chi connectivity index (χ3v) is 2.87. The van der Waals surface area contributed by atoms with Crippen molar-refractivity contribution in [3.05, 3.63) is 22.4 Å². The molecule has 2 N–H and O–H groups in total. The van der Waals surface area contributed by atoms with Gasteiger partial charge in [-0.2, -0.15) is 0 Å². The second kappa shape index (κ2) is 3.34. The molecule has 2 nitrogen and oxygen atoms in total. The average molecular weight is 171 g/mol. The second-order valence-electron chi connectivity index (χ2n) is 3.17. The maximum Gasteiger partial charge on any atom is 0.0778 e. The van der Waals surface area contributed by atoms with Crippen molar-refractivity contribution in [2.45, 2.75) is 19.3 Å². The first-order chi connectivity index (χ1) is 5.17. The van der Waals surface area contributed by atoms with Crippen molar-refractivity contribution in [1.82, 2.24) is 0 Å². The lowest BCUT2D eigenvalue weighted by Crippen LogP contribution is -2.24. The predicted octanol–water partition coefficient (Wildman–Crippen LogP) is 1.92. The van der Waals surface area contributed by atoms with Crippen LogP contribution in [0, 0.1) is 0 Å². The second-order valence-corrected chi connectivity index (χ2v) is 4.12. The normalized spacial score (nSPS) is 11.9. The zero-order valence-electron chi connectivity index (χ0n) is 6.83. The fourth-order valence-corrected chi connectivity index (χ4v) is 1.78. The highest BCUT2D eigenvalue weighted by Crippen LogP contribution is 2.26. The summed E-state index contributed by atoms with van der Waals surface area (Å²) < 4.78 is 0. The summed E-state index contributed by atoms with van der Waals surface area (Å²) in [6.45, 7) is 4.80. The van der Waals surface area contributed by atoms with E-state index in [9.17, 15) is 0 Å². The van der Waals surface area contributed by atoms with Crippen LogP contribution in [-0.2, 0) is 10.3 Å². The highest BCUT2D eigenvalue weighted by Gasteiger charge is 2.21. The SMILES string of the molecule is CC(C)(CON)c1cccs1. The summed E-state index contributed by atoms with van der Waals surface area (Å²) in [5.74, 6) is 5.03. The lowest BCUT2D eigenvalue weighted by molar-refractivity contribution is 0.0976. The van der Waals surface area contributed by atoms with Crippen molar-refractivity contribution < 1.29 is 4.84 Å². The van der Waals surface area contributed by atoms with Gasteiger partial charge < -0.3 is 4.84 Å². The van der Waals surface area contributed by atoms with Gasteiger partial charge in [0.2, 0.25) is 0 Å². The van der Waals surface area contributed by atoms with Crippen LogP contribution in [0.25, 0.3) is 0 Å². The highest BCUT2D eigenvalue weighted by atomic mass is 32.1. The Morgan fingerprint density at radius 1 is 1.64 bits per heavy atom. The molecule has 0 spiro atoms. The smallest absolute Gasteiger partial charge is 0.0778 e. The molecule has 0 fully saturated rings. The molecule has 11 heavy (non-hydrogen) atoms. The minimum atomic E-state index is 0.0446. The molecule has 0 aliphatic rings. The van der Waals surface area contributed by atoms with Crippen LogP contribution >= 0.6 is 11.3 Å². The summed E-state index contributed by atoms with van der Waals surface area (Å²) in [5, 5.41) is 2.06. The van der Waals surface area contributed by atoms with Crippen molar-refractivity contribution in [3.63, 3.8) is 0 Å². The van der Waals surface area contributed by atoms with Crippen LogP contribution in [0.2, 0.25) is 0 Å². The Balaban J connectivity index is 2.73. The highest BCUT2D eigenvalue weighted by molar-refractivity contribution is 7.10. The van der Waals surface area contributed by atoms with Gasteiger partial charge >= 0.3 is 0 Å². The molecule has 1 aromatic rings. The monoisotopic (exact) mass is 171 g/mol. The zero-order valence-corrected chi connectivity index (χ0v) is 7.65. The Kier molecular flexibility index (Phi) is 2.65. The molecule has 0 aromatic carbocycles. The van der Waals surface area contributed by atoms with Crippen molar-refractivity contribution in [3.8, 4) is 0 Å². The predicted molar refractivity (Wildman–Crippen MR) is 47.5 cm³/mol. The van der Waals surface area contributed by atoms with E-state index >= 15 is 0 Å². The van der Waals surface area contributed by atoms with Gasteiger partial charge in [0, 0.05) is 10.3 Å². The Labute approximate surface area is 70.9 Å². The van der Waals surface area contributed by atoms with Gasteiger partial charge in [-0.15, -0.1) is 11.3 Å². The van der Waals surface area contributed by atoms with Crippen LogP contribution in [0.15, 0.2) is 17.5 Å². The number of rotatable bonds is 3. The van der Waals surface area contributed by atoms with E-state index in [1.54, 1.807) is 11.3 Å². The van der Waals surface area contributed by atoms with E-state index in [1.807, 2.05) is 6.07 Å². The van der Waals surface area contributed by atoms with Crippen LogP contribution in [0.3, 0.4) is 0 Å². The fraction of sp³-hybridized carbons (Fsp3) is 0.500. The van der Waals surface area contributed by atoms with Gasteiger partial charge in [-0.25, -0.2) is 5.90 Å². The topological polar surface area (TPSA) is 35.2 Å². The third-order valence-electron chi connectivity index (χ3n) is 1.63. The molecule has 0 bridgehead atoms. The van der Waals surface area contributed by atoms with Crippen LogP contribution in [-0.4, -0.2) is 6.61 Å². The molecule has 1 aromatic heterocycles. The van der Waals surface area contributed by atoms with E-state index in [-0.39, 0.29) is 5.41 Å². The molecule has 62 valence electrons. The first-order valence-corrected chi connectivity index (χ1v) is 4.40. The maximum atomic E-state index is 5.03. The minimum absolute atomic E-state index is 0.0446. The van der Waals surface area contributed by atoms with Crippen LogP contribution in [0.1, 0.15) is 18.7 Å². The molecular formula is C8H13NOS. The third kappa shape index (κ3) is 2.02. The lowest BCUT2D eigenvalue weighted by atomic mass is 9.93. The van der Waals surface area contributed by atoms with Crippen molar-refractivity contribution in [2.75, 3.05) is 6.61 Å². The first kappa shape index (κ1) is 8.71. The van der Waals surface area contributed by atoms with Gasteiger partial charge in [0.15, 0.2) is 0 Å². The standard InChI is InChI=1S/C8H13NOS/c1-8(2,6-10-9)7-4-3-5-11-7/h3-5H,6,9H2,1-2H3. The van der Waals surface area contributed by atoms with E-state index < -0.39 is 0 Å². The Morgan fingerprint density at radius 3 is 2.82 bits per heavy atom. The van der Waals surface area contributed by atoms with Gasteiger partial charge in [-0.05, 0) is 11.4 Å². The molecule has 0 radical (unpaired) electrons. The number of thiophene rings is 1. The summed E-state index contributed by atoms with van der Waals surface area (Å²) in [4.78, 5) is 5.95. The molecule has 0 aliphatic carbocycles. The maximum absolute atomic E-state index is 5.03. The van der Waals surface area contributed by atoms with E-state index in [1.165, 1.54) is 4.88 Å². The van der Waals surface area contributed by atoms with Crippen LogP contribution < -0.4 is 5.90 Å². The summed E-state index contributed by atoms with van der Waals surface area (Å²) in [6, 6.07) is 4.14. The molecule has 0 unspecified atom stereocenters. The molecule has 0 saturated carbocycles. The molecule has 0 aliphatic heterocycles. The lowest BCUT2D eigenvalue weighted by Gasteiger charge is -2.20. The minimum Gasteiger partial charge on any atom is -0.304 e. The number of hydrogen-bond donors (Lipinski definition) is 1. The zero-order chi connectivity index (χ0) is 8.32. The fourth-order valence-electron chi connectivity index (χ4n) is 0.943. The largest absolute Gasteiger partial charge is 0.304 e. The van der Waals surface area contributed by atoms with Gasteiger partial charge in [-0.1, -0.05) is 19.9 Å². The Hall–Kier alpha value is -0.380. The molecule has 0 saturated heterocycles. The van der Waals surface area contributed by atoms with Gasteiger partial charge in [0.1, 0.15) is 0 Å². The summed E-state index contributed by atoms with van der Waals surface area (Å²) in [6.07, 6.45) is 0. The van der Waals surface area contributed by atoms with Crippen LogP contribution in [0.5, 0.6) is 0 Å². The molecule has 1 heterocycles. The number of nitrogens with two attached hydrogens (primary N) is 1. The molecule has 0 amide bonds. The Morgan fingerprint density at radius 2 is 2.36 bits per heavy atom. The van der Waals surface area contributed by atoms with Crippen LogP contribution in [0.4, 0.5) is 0 Å². The van der Waals surface area contributed by atoms with E-state index in [4.69, 9.17) is 5.90 Å². The van der Waals surface area contributed by atoms with E-state index in [0.29, 0.717) is 6.61 Å². The van der Waals surface area contributed by atoms with Gasteiger partial charge in [0.05, 0.1) is 6.61 Å². The van der Waals surface area contributed by atoms with E-state index in [0.717, 1.165) is 0 Å². The molecule has 3 heteroatoms. The van der Waals surface area contributed by atoms with Crippen molar-refractivity contribution in [2.24, 2.45) is 5.90 Å². The number of hydrogen-bond acceptors (Lipinski definition) is 3. The molecule has 1 rings (SSSR count). The van der Waals surface area contributed by atoms with Crippen molar-refractivity contribution in [1.29, 1.82) is 0 Å². The van der Waals surface area contributed by atoms with Gasteiger partial charge in [-0.3, -0.25) is 0 Å². The van der Waals surface area contributed by atoms with Gasteiger partial charge in [0.25, 0.3) is 0 Å². The molecule has 0 atom stereocenters. The summed E-state index contributed by atoms with van der Waals surface area (Å²) >= 11 is 1.73. The Bertz CT molecular complexity index is 206.